The first-order chi connectivity index (χ1) is 11.0. The average molecular weight is 317 g/mol. The minimum atomic E-state index is -0.153. The normalized spacial score (nSPS) is 55.4. The van der Waals surface area contributed by atoms with Crippen LogP contribution in [0, 0.1) is 51.8 Å². The predicted octanol–water partition coefficient (Wildman–Crippen LogP) is 3.50. The Kier molecular flexibility index (Phi) is 3.78. The highest BCUT2D eigenvalue weighted by molar-refractivity contribution is 5.13. The van der Waals surface area contributed by atoms with Crippen LogP contribution in [0.1, 0.15) is 64.7 Å². The zero-order chi connectivity index (χ0) is 16.2. The van der Waals surface area contributed by atoms with Crippen molar-refractivity contribution in [1.82, 2.24) is 0 Å². The van der Waals surface area contributed by atoms with E-state index in [9.17, 15) is 15.5 Å². The van der Waals surface area contributed by atoms with E-state index in [1.807, 2.05) is 0 Å². The summed E-state index contributed by atoms with van der Waals surface area (Å²) in [4.78, 5) is 0. The molecular formula is C20H31NO2. The molecule has 0 amide bonds. The standard InChI is InChI=1S/C20H31NO2/c1-19-8-7-18-16(17(19)5-3-14(19)11-21)4-2-13-10-15(23)6-9-20(13,18)12-22/h13-18,22-23H,2-10,12H2,1H3/t13-,14?,15+,16-,17-,18-,19+,20+/m0/s1. The summed E-state index contributed by atoms with van der Waals surface area (Å²) in [7, 11) is 0. The molecule has 0 aromatic heterocycles. The first-order valence-corrected chi connectivity index (χ1v) is 9.73. The highest BCUT2D eigenvalue weighted by Crippen LogP contribution is 2.67. The maximum Gasteiger partial charge on any atom is 0.0661 e. The van der Waals surface area contributed by atoms with Crippen LogP contribution in [0.2, 0.25) is 0 Å². The molecule has 4 saturated carbocycles. The fraction of sp³-hybridized carbons (Fsp3) is 0.950. The molecule has 128 valence electrons. The summed E-state index contributed by atoms with van der Waals surface area (Å²) < 4.78 is 0. The third-order valence-corrected chi connectivity index (χ3v) is 8.79. The summed E-state index contributed by atoms with van der Waals surface area (Å²) in [5.74, 6) is 2.75. The lowest BCUT2D eigenvalue weighted by Crippen LogP contribution is -2.56. The second-order valence-electron chi connectivity index (χ2n) is 9.27. The molecule has 0 bridgehead atoms. The Hall–Kier alpha value is -0.590. The van der Waals surface area contributed by atoms with E-state index in [0.29, 0.717) is 30.3 Å². The van der Waals surface area contributed by atoms with E-state index in [2.05, 4.69) is 13.0 Å². The molecule has 4 aliphatic carbocycles. The van der Waals surface area contributed by atoms with E-state index in [1.165, 1.54) is 25.7 Å². The van der Waals surface area contributed by atoms with Gasteiger partial charge in [-0.05, 0) is 92.3 Å². The van der Waals surface area contributed by atoms with Crippen LogP contribution in [0.4, 0.5) is 0 Å². The number of hydrogen-bond donors (Lipinski definition) is 2. The first kappa shape index (κ1) is 15.9. The first-order valence-electron chi connectivity index (χ1n) is 9.73. The second-order valence-corrected chi connectivity index (χ2v) is 9.27. The van der Waals surface area contributed by atoms with Gasteiger partial charge in [-0.3, -0.25) is 0 Å². The van der Waals surface area contributed by atoms with Crippen molar-refractivity contribution in [3.63, 3.8) is 0 Å². The number of nitriles is 1. The van der Waals surface area contributed by atoms with Crippen LogP contribution in [0.3, 0.4) is 0 Å². The van der Waals surface area contributed by atoms with Crippen LogP contribution in [-0.2, 0) is 0 Å². The summed E-state index contributed by atoms with van der Waals surface area (Å²) in [5.41, 5.74) is 0.280. The number of rotatable bonds is 1. The molecule has 0 aliphatic heterocycles. The molecule has 2 N–H and O–H groups in total. The summed E-state index contributed by atoms with van der Waals surface area (Å²) in [6, 6.07) is 2.60. The molecule has 1 unspecified atom stereocenters. The Morgan fingerprint density at radius 1 is 1.04 bits per heavy atom. The maximum atomic E-state index is 10.4. The SMILES string of the molecule is C[C@]12CC[C@H]3[C@@H](CC[C@H]4C[C@H](O)CC[C@@]43CO)[C@@H]1CCC2C#N. The van der Waals surface area contributed by atoms with Crippen molar-refractivity contribution < 1.29 is 10.2 Å². The molecule has 8 atom stereocenters. The molecule has 3 nitrogen and oxygen atoms in total. The van der Waals surface area contributed by atoms with Gasteiger partial charge in [-0.15, -0.1) is 0 Å². The number of nitrogens with zero attached hydrogens (tertiary/aromatic N) is 1. The molecule has 0 radical (unpaired) electrons. The lowest BCUT2D eigenvalue weighted by Gasteiger charge is -2.61. The highest BCUT2D eigenvalue weighted by atomic mass is 16.3. The van der Waals surface area contributed by atoms with Crippen LogP contribution >= 0.6 is 0 Å². The second kappa shape index (κ2) is 5.46. The van der Waals surface area contributed by atoms with Crippen molar-refractivity contribution in [1.29, 1.82) is 5.26 Å². The molecule has 23 heavy (non-hydrogen) atoms. The predicted molar refractivity (Wildman–Crippen MR) is 88.2 cm³/mol. The number of fused-ring (bicyclic) bond motifs is 5. The van der Waals surface area contributed by atoms with Gasteiger partial charge in [0.05, 0.1) is 18.1 Å². The largest absolute Gasteiger partial charge is 0.396 e. The van der Waals surface area contributed by atoms with Crippen molar-refractivity contribution in [2.75, 3.05) is 6.61 Å². The Morgan fingerprint density at radius 3 is 2.61 bits per heavy atom. The van der Waals surface area contributed by atoms with Crippen LogP contribution in [0.25, 0.3) is 0 Å². The van der Waals surface area contributed by atoms with Crippen molar-refractivity contribution in [2.24, 2.45) is 40.4 Å². The number of aliphatic hydroxyl groups excluding tert-OH is 2. The molecular weight excluding hydrogens is 286 g/mol. The Balaban J connectivity index is 1.65. The molecule has 0 aromatic carbocycles. The molecule has 0 heterocycles. The van der Waals surface area contributed by atoms with Gasteiger partial charge in [0.1, 0.15) is 0 Å². The summed E-state index contributed by atoms with van der Waals surface area (Å²) in [6.07, 6.45) is 9.67. The minimum Gasteiger partial charge on any atom is -0.396 e. The van der Waals surface area contributed by atoms with Gasteiger partial charge < -0.3 is 10.2 Å². The smallest absolute Gasteiger partial charge is 0.0661 e. The average Bonchev–Trinajstić information content (AvgIpc) is 2.90. The lowest BCUT2D eigenvalue weighted by molar-refractivity contribution is -0.151. The molecule has 0 aromatic rings. The van der Waals surface area contributed by atoms with Gasteiger partial charge in [-0.2, -0.15) is 5.26 Å². The van der Waals surface area contributed by atoms with Crippen molar-refractivity contribution in [3.8, 4) is 6.07 Å². The van der Waals surface area contributed by atoms with Crippen LogP contribution < -0.4 is 0 Å². The quantitative estimate of drug-likeness (QED) is 0.778. The topological polar surface area (TPSA) is 64.2 Å². The van der Waals surface area contributed by atoms with E-state index in [-0.39, 0.29) is 22.9 Å². The number of hydrogen-bond acceptors (Lipinski definition) is 3. The van der Waals surface area contributed by atoms with E-state index < -0.39 is 0 Å². The third kappa shape index (κ3) is 2.07. The Morgan fingerprint density at radius 2 is 1.87 bits per heavy atom. The summed E-state index contributed by atoms with van der Waals surface area (Å²) in [6.45, 7) is 2.67. The van der Waals surface area contributed by atoms with Gasteiger partial charge in [0.2, 0.25) is 0 Å². The van der Waals surface area contributed by atoms with E-state index in [4.69, 9.17) is 0 Å². The zero-order valence-electron chi connectivity index (χ0n) is 14.4. The van der Waals surface area contributed by atoms with Crippen molar-refractivity contribution >= 4 is 0 Å². The Labute approximate surface area is 140 Å². The van der Waals surface area contributed by atoms with Gasteiger partial charge in [-0.1, -0.05) is 6.92 Å². The van der Waals surface area contributed by atoms with E-state index >= 15 is 0 Å². The fourth-order valence-corrected chi connectivity index (χ4v) is 7.55. The third-order valence-electron chi connectivity index (χ3n) is 8.79. The summed E-state index contributed by atoms with van der Waals surface area (Å²) in [5, 5.41) is 30.0. The van der Waals surface area contributed by atoms with Crippen molar-refractivity contribution in [2.45, 2.75) is 70.8 Å². The van der Waals surface area contributed by atoms with Gasteiger partial charge in [-0.25, -0.2) is 0 Å². The molecule has 3 heteroatoms. The maximum absolute atomic E-state index is 10.4. The van der Waals surface area contributed by atoms with Gasteiger partial charge in [0.25, 0.3) is 0 Å². The highest BCUT2D eigenvalue weighted by Gasteiger charge is 2.61. The van der Waals surface area contributed by atoms with Crippen LogP contribution in [0.5, 0.6) is 0 Å². The molecule has 4 fully saturated rings. The van der Waals surface area contributed by atoms with Crippen LogP contribution in [0.15, 0.2) is 0 Å². The van der Waals surface area contributed by atoms with Gasteiger partial charge in [0, 0.05) is 6.61 Å². The van der Waals surface area contributed by atoms with Gasteiger partial charge >= 0.3 is 0 Å². The fourth-order valence-electron chi connectivity index (χ4n) is 7.55. The monoisotopic (exact) mass is 317 g/mol. The van der Waals surface area contributed by atoms with Gasteiger partial charge in [0.15, 0.2) is 0 Å². The minimum absolute atomic E-state index is 0.0637. The number of aliphatic hydroxyl groups is 2. The lowest BCUT2D eigenvalue weighted by atomic mass is 9.44. The van der Waals surface area contributed by atoms with E-state index in [0.717, 1.165) is 32.1 Å². The Bertz CT molecular complexity index is 514. The molecule has 0 spiro atoms. The van der Waals surface area contributed by atoms with Crippen molar-refractivity contribution in [3.05, 3.63) is 0 Å². The summed E-state index contributed by atoms with van der Waals surface area (Å²) >= 11 is 0. The zero-order valence-corrected chi connectivity index (χ0v) is 14.4. The molecule has 4 rings (SSSR count). The molecule has 0 saturated heterocycles. The van der Waals surface area contributed by atoms with E-state index in [1.54, 1.807) is 0 Å². The molecule has 4 aliphatic rings. The van der Waals surface area contributed by atoms with Crippen LogP contribution in [-0.4, -0.2) is 22.9 Å².